The Morgan fingerprint density at radius 2 is 1.95 bits per heavy atom. The van der Waals surface area contributed by atoms with Gasteiger partial charge in [-0.05, 0) is 81.7 Å². The van der Waals surface area contributed by atoms with Gasteiger partial charge in [0, 0.05) is 77.1 Å². The van der Waals surface area contributed by atoms with Crippen molar-refractivity contribution in [3.05, 3.63) is 87.2 Å². The molecule has 1 aromatic carbocycles. The van der Waals surface area contributed by atoms with Gasteiger partial charge in [-0.1, -0.05) is 25.1 Å². The van der Waals surface area contributed by atoms with Gasteiger partial charge in [0.05, 0.1) is 0 Å². The van der Waals surface area contributed by atoms with E-state index in [1.54, 1.807) is 6.20 Å². The molecular weight excluding hydrogens is 474 g/mol. The summed E-state index contributed by atoms with van der Waals surface area (Å²) in [4.78, 5) is 33.8. The molecule has 1 saturated heterocycles. The average molecular weight is 512 g/mol. The Labute approximate surface area is 224 Å². The van der Waals surface area contributed by atoms with Crippen LogP contribution in [0.1, 0.15) is 72.0 Å². The monoisotopic (exact) mass is 511 g/mol. The van der Waals surface area contributed by atoms with E-state index >= 15 is 0 Å². The first kappa shape index (κ1) is 26.1. The molecule has 0 amide bonds. The van der Waals surface area contributed by atoms with Crippen LogP contribution >= 0.6 is 0 Å². The number of benzene rings is 1. The van der Waals surface area contributed by atoms with E-state index in [1.165, 1.54) is 0 Å². The molecule has 0 spiro atoms. The second-order valence-corrected chi connectivity index (χ2v) is 10.6. The highest BCUT2D eigenvalue weighted by Crippen LogP contribution is 2.37. The van der Waals surface area contributed by atoms with Crippen molar-refractivity contribution >= 4 is 16.7 Å². The van der Waals surface area contributed by atoms with Crippen molar-refractivity contribution < 1.29 is 9.53 Å². The highest BCUT2D eigenvalue weighted by atomic mass is 16.5. The van der Waals surface area contributed by atoms with Crippen LogP contribution in [0.25, 0.3) is 22.0 Å². The summed E-state index contributed by atoms with van der Waals surface area (Å²) in [7, 11) is 0. The third-order valence-electron chi connectivity index (χ3n) is 8.23. The number of nitrogens with one attached hydrogen (secondary N) is 1. The number of aromatic amines is 1. The fourth-order valence-corrected chi connectivity index (χ4v) is 6.18. The largest absolute Gasteiger partial charge is 0.381 e. The first-order chi connectivity index (χ1) is 18.4. The van der Waals surface area contributed by atoms with Crippen LogP contribution in [0.4, 0.5) is 0 Å². The number of nitrogens with zero attached hydrogens (tertiary/aromatic N) is 2. The van der Waals surface area contributed by atoms with Crippen LogP contribution in [0.2, 0.25) is 0 Å². The molecule has 1 aliphatic rings. The normalized spacial score (nSPS) is 15.2. The Morgan fingerprint density at radius 3 is 2.66 bits per heavy atom. The summed E-state index contributed by atoms with van der Waals surface area (Å²) in [5, 5.41) is 0.979. The number of carbonyl (C=O) groups is 1. The molecule has 38 heavy (non-hydrogen) atoms. The van der Waals surface area contributed by atoms with Gasteiger partial charge < -0.3 is 14.3 Å². The molecule has 5 rings (SSSR count). The predicted molar refractivity (Wildman–Crippen MR) is 152 cm³/mol. The highest BCUT2D eigenvalue weighted by molar-refractivity contribution is 6.10. The number of hydrogen-bond donors (Lipinski definition) is 1. The van der Waals surface area contributed by atoms with Crippen molar-refractivity contribution in [2.75, 3.05) is 13.2 Å². The van der Waals surface area contributed by atoms with Crippen LogP contribution in [-0.2, 0) is 17.6 Å². The van der Waals surface area contributed by atoms with Gasteiger partial charge in [-0.25, -0.2) is 0 Å². The Morgan fingerprint density at radius 1 is 1.16 bits per heavy atom. The van der Waals surface area contributed by atoms with Gasteiger partial charge in [0.2, 0.25) is 0 Å². The number of fused-ring (bicyclic) bond motifs is 1. The fourth-order valence-electron chi connectivity index (χ4n) is 6.18. The average Bonchev–Trinajstić information content (AvgIpc) is 3.23. The molecule has 1 atom stereocenters. The Hall–Kier alpha value is -3.51. The molecule has 1 fully saturated rings. The number of carbonyl (C=O) groups excluding carboxylic acids is 1. The fraction of sp³-hybridized carbons (Fsp3) is 0.406. The molecule has 0 bridgehead atoms. The number of hydrogen-bond acceptors (Lipinski definition) is 4. The Bertz CT molecular complexity index is 1510. The van der Waals surface area contributed by atoms with Gasteiger partial charge in [-0.3, -0.25) is 14.6 Å². The van der Waals surface area contributed by atoms with Crippen LogP contribution in [-0.4, -0.2) is 33.5 Å². The van der Waals surface area contributed by atoms with E-state index in [4.69, 9.17) is 4.74 Å². The minimum absolute atomic E-state index is 0.0805. The maximum atomic E-state index is 13.8. The van der Waals surface area contributed by atoms with Crippen molar-refractivity contribution in [1.29, 1.82) is 0 Å². The summed E-state index contributed by atoms with van der Waals surface area (Å²) in [6.45, 7) is 9.85. The minimum atomic E-state index is -0.0805. The molecule has 3 aromatic heterocycles. The lowest BCUT2D eigenvalue weighted by Gasteiger charge is -2.30. The van der Waals surface area contributed by atoms with Crippen LogP contribution in [0.3, 0.4) is 0 Å². The molecule has 198 valence electrons. The lowest BCUT2D eigenvalue weighted by atomic mass is 9.92. The number of aryl methyl sites for hydroxylation is 2. The maximum Gasteiger partial charge on any atom is 0.251 e. The molecule has 6 nitrogen and oxygen atoms in total. The number of Topliss-reactive ketones (excluding diaryl/α,β-unsaturated/α-hetero) is 1. The van der Waals surface area contributed by atoms with E-state index in [0.717, 1.165) is 82.6 Å². The third-order valence-corrected chi connectivity index (χ3v) is 8.23. The van der Waals surface area contributed by atoms with Crippen LogP contribution in [0.5, 0.6) is 0 Å². The molecule has 4 heterocycles. The Kier molecular flexibility index (Phi) is 7.61. The first-order valence-electron chi connectivity index (χ1n) is 13.8. The molecule has 6 heteroatoms. The first-order valence-corrected chi connectivity index (χ1v) is 13.8. The van der Waals surface area contributed by atoms with Gasteiger partial charge in [0.1, 0.15) is 0 Å². The van der Waals surface area contributed by atoms with E-state index in [-0.39, 0.29) is 17.4 Å². The highest BCUT2D eigenvalue weighted by Gasteiger charge is 2.28. The number of H-pyrrole nitrogens is 1. The SMILES string of the molecule is CCc1cc(C)[nH]c(=O)c1CCC(=O)c1c(C)n(C(C)C2CCOCC2)c2cc(-c3cccnc3)ccc12. The lowest BCUT2D eigenvalue weighted by Crippen LogP contribution is -2.24. The zero-order valence-corrected chi connectivity index (χ0v) is 22.8. The van der Waals surface area contributed by atoms with Crippen molar-refractivity contribution in [1.82, 2.24) is 14.5 Å². The van der Waals surface area contributed by atoms with E-state index in [9.17, 15) is 9.59 Å². The van der Waals surface area contributed by atoms with Gasteiger partial charge in [-0.15, -0.1) is 0 Å². The van der Waals surface area contributed by atoms with Crippen LogP contribution in [0, 0.1) is 19.8 Å². The number of rotatable bonds is 8. The van der Waals surface area contributed by atoms with Gasteiger partial charge >= 0.3 is 0 Å². The van der Waals surface area contributed by atoms with Gasteiger partial charge in [-0.2, -0.15) is 0 Å². The zero-order chi connectivity index (χ0) is 26.8. The molecule has 0 saturated carbocycles. The third kappa shape index (κ3) is 4.97. The molecule has 0 aliphatic carbocycles. The standard InChI is InChI=1S/C32H37N3O3/c1-5-23-17-20(2)34-32(37)27(23)10-11-30(36)31-22(4)35(21(3)24-12-15-38-16-13-24)29-18-25(8-9-28(29)31)26-7-6-14-33-19-26/h6-9,14,17-19,21,24H,5,10-13,15-16H2,1-4H3,(H,34,37). The van der Waals surface area contributed by atoms with Crippen molar-refractivity contribution in [2.24, 2.45) is 5.92 Å². The molecule has 1 N–H and O–H groups in total. The number of aromatic nitrogens is 3. The van der Waals surface area contributed by atoms with E-state index in [2.05, 4.69) is 59.6 Å². The quantitative estimate of drug-likeness (QED) is 0.279. The van der Waals surface area contributed by atoms with Gasteiger partial charge in [0.25, 0.3) is 5.56 Å². The number of ether oxygens (including phenoxy) is 1. The van der Waals surface area contributed by atoms with E-state index in [0.29, 0.717) is 18.8 Å². The second-order valence-electron chi connectivity index (χ2n) is 10.6. The zero-order valence-electron chi connectivity index (χ0n) is 22.8. The number of ketones is 1. The van der Waals surface area contributed by atoms with Crippen LogP contribution < -0.4 is 5.56 Å². The van der Waals surface area contributed by atoms with Crippen molar-refractivity contribution in [3.63, 3.8) is 0 Å². The Balaban J connectivity index is 1.56. The molecule has 0 radical (unpaired) electrons. The minimum Gasteiger partial charge on any atom is -0.381 e. The predicted octanol–water partition coefficient (Wildman–Crippen LogP) is 6.37. The lowest BCUT2D eigenvalue weighted by molar-refractivity contribution is 0.0517. The molecule has 1 aliphatic heterocycles. The van der Waals surface area contributed by atoms with E-state index in [1.807, 2.05) is 25.3 Å². The topological polar surface area (TPSA) is 77.0 Å². The number of pyridine rings is 2. The summed E-state index contributed by atoms with van der Waals surface area (Å²) >= 11 is 0. The molecule has 1 unspecified atom stereocenters. The smallest absolute Gasteiger partial charge is 0.251 e. The van der Waals surface area contributed by atoms with Crippen molar-refractivity contribution in [3.8, 4) is 11.1 Å². The van der Waals surface area contributed by atoms with Crippen molar-refractivity contribution in [2.45, 2.75) is 65.8 Å². The summed E-state index contributed by atoms with van der Waals surface area (Å²) in [6, 6.07) is 12.6. The van der Waals surface area contributed by atoms with E-state index < -0.39 is 0 Å². The molecular formula is C32H37N3O3. The maximum absolute atomic E-state index is 13.8. The van der Waals surface area contributed by atoms with Crippen LogP contribution in [0.15, 0.2) is 53.6 Å². The molecule has 4 aromatic rings. The summed E-state index contributed by atoms with van der Waals surface area (Å²) in [5.74, 6) is 0.572. The summed E-state index contributed by atoms with van der Waals surface area (Å²) in [6.07, 6.45) is 7.19. The summed E-state index contributed by atoms with van der Waals surface area (Å²) < 4.78 is 8.00. The second kappa shape index (κ2) is 11.1. The van der Waals surface area contributed by atoms with Gasteiger partial charge in [0.15, 0.2) is 5.78 Å². The summed E-state index contributed by atoms with van der Waals surface area (Å²) in [5.41, 5.74) is 7.51.